The number of rotatable bonds is 1. The number of para-hydroxylation sites is 1. The quantitative estimate of drug-likeness (QED) is 0.451. The van der Waals surface area contributed by atoms with E-state index in [1.54, 1.807) is 6.92 Å². The van der Waals surface area contributed by atoms with Crippen molar-refractivity contribution in [1.82, 2.24) is 25.1 Å². The van der Waals surface area contributed by atoms with Crippen molar-refractivity contribution in [3.05, 3.63) is 64.7 Å². The molecule has 6 nitrogen and oxygen atoms in total. The van der Waals surface area contributed by atoms with Gasteiger partial charge in [-0.2, -0.15) is 23.0 Å². The Morgan fingerprint density at radius 1 is 1.09 bits per heavy atom. The highest BCUT2D eigenvalue weighted by atomic mass is 19.4. The summed E-state index contributed by atoms with van der Waals surface area (Å²) in [5, 5.41) is 9.09. The van der Waals surface area contributed by atoms with Crippen molar-refractivity contribution in [3.8, 4) is 0 Å². The molecular formula is C23H20F3N5O. The predicted molar refractivity (Wildman–Crippen MR) is 113 cm³/mol. The number of pyridine rings is 2. The third kappa shape index (κ3) is 3.03. The summed E-state index contributed by atoms with van der Waals surface area (Å²) in [7, 11) is 0. The Labute approximate surface area is 181 Å². The van der Waals surface area contributed by atoms with E-state index in [1.165, 1.54) is 10.7 Å². The largest absolute Gasteiger partial charge is 0.433 e. The van der Waals surface area contributed by atoms with E-state index in [4.69, 9.17) is 0 Å². The van der Waals surface area contributed by atoms with E-state index in [1.807, 2.05) is 38.1 Å². The number of benzene rings is 1. The van der Waals surface area contributed by atoms with Gasteiger partial charge in [-0.3, -0.25) is 4.98 Å². The fourth-order valence-corrected chi connectivity index (χ4v) is 4.64. The highest BCUT2D eigenvalue weighted by Crippen LogP contribution is 2.38. The van der Waals surface area contributed by atoms with Gasteiger partial charge in [0.2, 0.25) is 0 Å². The maximum Gasteiger partial charge on any atom is 0.433 e. The minimum absolute atomic E-state index is 0.348. The van der Waals surface area contributed by atoms with Gasteiger partial charge in [0.1, 0.15) is 5.69 Å². The topological polar surface area (TPSA) is 72.7 Å². The number of nitrogens with zero attached hydrogens (tertiary/aromatic N) is 4. The molecule has 1 atom stereocenters. The summed E-state index contributed by atoms with van der Waals surface area (Å²) in [5.41, 5.74) is 2.05. The van der Waals surface area contributed by atoms with E-state index < -0.39 is 23.4 Å². The van der Waals surface area contributed by atoms with Gasteiger partial charge in [0.15, 0.2) is 0 Å². The SMILES string of the molecule is Cc1nc2ccccc2c2c1c(C)nn2C(=O)N[C@]1(C)CCc2nc(C(F)(F)F)ccc21. The molecule has 32 heavy (non-hydrogen) atoms. The van der Waals surface area contributed by atoms with Crippen LogP contribution in [0.25, 0.3) is 21.8 Å². The fraction of sp³-hybridized carbons (Fsp3) is 0.304. The second kappa shape index (κ2) is 6.75. The Kier molecular flexibility index (Phi) is 4.31. The predicted octanol–water partition coefficient (Wildman–Crippen LogP) is 5.03. The highest BCUT2D eigenvalue weighted by molar-refractivity contribution is 6.08. The van der Waals surface area contributed by atoms with E-state index in [0.717, 1.165) is 28.0 Å². The third-order valence-electron chi connectivity index (χ3n) is 6.17. The first kappa shape index (κ1) is 20.4. The zero-order valence-corrected chi connectivity index (χ0v) is 17.7. The highest BCUT2D eigenvalue weighted by Gasteiger charge is 2.40. The van der Waals surface area contributed by atoms with Crippen LogP contribution in [0.3, 0.4) is 0 Å². The van der Waals surface area contributed by atoms with Gasteiger partial charge in [-0.25, -0.2) is 9.78 Å². The lowest BCUT2D eigenvalue weighted by Crippen LogP contribution is -2.44. The van der Waals surface area contributed by atoms with Gasteiger partial charge < -0.3 is 5.32 Å². The Bertz CT molecular complexity index is 1410. The van der Waals surface area contributed by atoms with Gasteiger partial charge >= 0.3 is 12.2 Å². The average molecular weight is 439 g/mol. The van der Waals surface area contributed by atoms with Gasteiger partial charge in [0.25, 0.3) is 0 Å². The molecular weight excluding hydrogens is 419 g/mol. The monoisotopic (exact) mass is 439 g/mol. The van der Waals surface area contributed by atoms with Crippen molar-refractivity contribution in [1.29, 1.82) is 0 Å². The van der Waals surface area contributed by atoms with Crippen LogP contribution in [0.1, 0.15) is 41.7 Å². The van der Waals surface area contributed by atoms with Gasteiger partial charge in [0, 0.05) is 22.2 Å². The van der Waals surface area contributed by atoms with Crippen LogP contribution in [0.15, 0.2) is 36.4 Å². The summed E-state index contributed by atoms with van der Waals surface area (Å²) in [6.07, 6.45) is -3.71. The molecule has 1 aliphatic carbocycles. The molecule has 0 aliphatic heterocycles. The summed E-state index contributed by atoms with van der Waals surface area (Å²) >= 11 is 0. The zero-order valence-electron chi connectivity index (χ0n) is 17.7. The lowest BCUT2D eigenvalue weighted by molar-refractivity contribution is -0.141. The van der Waals surface area contributed by atoms with E-state index in [-0.39, 0.29) is 0 Å². The zero-order chi connectivity index (χ0) is 22.8. The lowest BCUT2D eigenvalue weighted by atomic mass is 9.95. The first-order valence-corrected chi connectivity index (χ1v) is 10.2. The molecule has 0 bridgehead atoms. The van der Waals surface area contributed by atoms with Crippen molar-refractivity contribution < 1.29 is 18.0 Å². The van der Waals surface area contributed by atoms with Crippen LogP contribution < -0.4 is 5.32 Å². The molecule has 0 spiro atoms. The molecule has 1 amide bonds. The minimum atomic E-state index is -4.50. The molecule has 1 N–H and O–H groups in total. The van der Waals surface area contributed by atoms with E-state index in [2.05, 4.69) is 20.4 Å². The second-order valence-electron chi connectivity index (χ2n) is 8.39. The first-order valence-electron chi connectivity index (χ1n) is 10.2. The maximum atomic E-state index is 13.4. The smallest absolute Gasteiger partial charge is 0.327 e. The lowest BCUT2D eigenvalue weighted by Gasteiger charge is -2.27. The summed E-state index contributed by atoms with van der Waals surface area (Å²) in [4.78, 5) is 21.8. The number of hydrogen-bond acceptors (Lipinski definition) is 4. The number of fused-ring (bicyclic) bond motifs is 4. The van der Waals surface area contributed by atoms with Crippen molar-refractivity contribution in [2.75, 3.05) is 0 Å². The molecule has 3 heterocycles. The number of nitrogens with one attached hydrogen (secondary N) is 1. The van der Waals surface area contributed by atoms with Crippen LogP contribution in [0, 0.1) is 13.8 Å². The number of hydrogen-bond donors (Lipinski definition) is 1. The van der Waals surface area contributed by atoms with Crippen LogP contribution in [-0.2, 0) is 18.1 Å². The average Bonchev–Trinajstić information content (AvgIpc) is 3.25. The normalized spacial score (nSPS) is 18.3. The molecule has 164 valence electrons. The van der Waals surface area contributed by atoms with Gasteiger partial charge in [-0.15, -0.1) is 0 Å². The third-order valence-corrected chi connectivity index (χ3v) is 6.17. The molecule has 1 aliphatic rings. The molecule has 9 heteroatoms. The first-order chi connectivity index (χ1) is 15.1. The summed E-state index contributed by atoms with van der Waals surface area (Å²) in [6.45, 7) is 5.50. The fourth-order valence-electron chi connectivity index (χ4n) is 4.64. The van der Waals surface area contributed by atoms with E-state index in [0.29, 0.717) is 35.3 Å². The number of halogens is 3. The Morgan fingerprint density at radius 3 is 2.59 bits per heavy atom. The van der Waals surface area contributed by atoms with Crippen LogP contribution in [0.2, 0.25) is 0 Å². The molecule has 5 rings (SSSR count). The minimum Gasteiger partial charge on any atom is -0.327 e. The van der Waals surface area contributed by atoms with Gasteiger partial charge in [0.05, 0.1) is 22.3 Å². The molecule has 0 radical (unpaired) electrons. The summed E-state index contributed by atoms with van der Waals surface area (Å²) in [5.74, 6) is 0. The van der Waals surface area contributed by atoms with Crippen LogP contribution in [-0.4, -0.2) is 25.8 Å². The summed E-state index contributed by atoms with van der Waals surface area (Å²) < 4.78 is 40.5. The molecule has 0 unspecified atom stereocenters. The van der Waals surface area contributed by atoms with E-state index in [9.17, 15) is 18.0 Å². The Morgan fingerprint density at radius 2 is 1.84 bits per heavy atom. The molecule has 0 saturated heterocycles. The standard InChI is InChI=1S/C23H20F3N5O/c1-12-19-13(2)30-31(20(19)14-6-4-5-7-16(14)27-12)21(32)29-22(3)11-10-17-15(22)8-9-18(28-17)23(24,25)26/h4-9H,10-11H2,1-3H3,(H,29,32)/t22-/m1/s1. The number of aromatic nitrogens is 4. The summed E-state index contributed by atoms with van der Waals surface area (Å²) in [6, 6.07) is 9.46. The van der Waals surface area contributed by atoms with Crippen LogP contribution >= 0.6 is 0 Å². The van der Waals surface area contributed by atoms with Crippen molar-refractivity contribution in [2.45, 2.75) is 45.3 Å². The number of carbonyl (C=O) groups excluding carboxylic acids is 1. The molecule has 0 fully saturated rings. The van der Waals surface area contributed by atoms with Crippen molar-refractivity contribution in [2.24, 2.45) is 0 Å². The van der Waals surface area contributed by atoms with Crippen LogP contribution in [0.4, 0.5) is 18.0 Å². The van der Waals surface area contributed by atoms with Crippen LogP contribution in [0.5, 0.6) is 0 Å². The molecule has 0 saturated carbocycles. The molecule has 1 aromatic carbocycles. The Hall–Kier alpha value is -3.49. The number of carbonyl (C=O) groups is 1. The molecule has 3 aromatic heterocycles. The number of aryl methyl sites for hydroxylation is 3. The number of amides is 1. The van der Waals surface area contributed by atoms with Crippen molar-refractivity contribution in [3.63, 3.8) is 0 Å². The maximum absolute atomic E-state index is 13.4. The van der Waals surface area contributed by atoms with E-state index >= 15 is 0 Å². The van der Waals surface area contributed by atoms with Crippen molar-refractivity contribution >= 4 is 27.8 Å². The second-order valence-corrected chi connectivity index (χ2v) is 8.39. The molecule has 4 aromatic rings. The number of alkyl halides is 3. The van der Waals surface area contributed by atoms with Gasteiger partial charge in [-0.05, 0) is 51.3 Å². The van der Waals surface area contributed by atoms with Gasteiger partial charge in [-0.1, -0.05) is 24.3 Å². The Balaban J connectivity index is 1.57.